The Morgan fingerprint density at radius 1 is 1.56 bits per heavy atom. The van der Waals surface area contributed by atoms with Gasteiger partial charge in [-0.2, -0.15) is 17.4 Å². The molecule has 0 bridgehead atoms. The van der Waals surface area contributed by atoms with Gasteiger partial charge in [0.1, 0.15) is 0 Å². The average Bonchev–Trinajstić information content (AvgIpc) is 2.28. The molecule has 18 heavy (non-hydrogen) atoms. The molecule has 7 heteroatoms. The second-order valence-electron chi connectivity index (χ2n) is 4.44. The number of piperidine rings is 1. The average molecular weight is 274 g/mol. The van der Waals surface area contributed by atoms with Crippen LogP contribution in [0.2, 0.25) is 0 Å². The lowest BCUT2D eigenvalue weighted by atomic mass is 9.99. The lowest BCUT2D eigenvalue weighted by Crippen LogP contribution is -2.48. The van der Waals surface area contributed by atoms with E-state index in [1.807, 2.05) is 0 Å². The molecule has 1 unspecified atom stereocenters. The van der Waals surface area contributed by atoms with Crippen molar-refractivity contribution in [1.29, 1.82) is 0 Å². The Kier molecular flexibility index (Phi) is 5.14. The molecule has 6 nitrogen and oxygen atoms in total. The van der Waals surface area contributed by atoms with Crippen molar-refractivity contribution in [3.05, 3.63) is 0 Å². The molecular weight excluding hydrogens is 256 g/mol. The van der Waals surface area contributed by atoms with Crippen LogP contribution in [0, 0.1) is 18.3 Å². The number of hydrogen-bond acceptors (Lipinski definition) is 3. The topological polar surface area (TPSA) is 86.7 Å². The highest BCUT2D eigenvalue weighted by atomic mass is 32.2. The largest absolute Gasteiger partial charge is 0.481 e. The quantitative estimate of drug-likeness (QED) is 0.692. The molecule has 0 aromatic heterocycles. The Bertz CT molecular complexity index is 432. The third-order valence-electron chi connectivity index (χ3n) is 2.92. The molecule has 1 fully saturated rings. The Labute approximate surface area is 108 Å². The van der Waals surface area contributed by atoms with Gasteiger partial charge < -0.3 is 5.11 Å². The van der Waals surface area contributed by atoms with Crippen LogP contribution in [0.3, 0.4) is 0 Å². The van der Waals surface area contributed by atoms with Crippen LogP contribution in [0.25, 0.3) is 0 Å². The summed E-state index contributed by atoms with van der Waals surface area (Å²) >= 11 is 0. The second-order valence-corrected chi connectivity index (χ2v) is 6.15. The summed E-state index contributed by atoms with van der Waals surface area (Å²) in [6.07, 6.45) is 6.13. The number of carbonyl (C=O) groups is 1. The van der Waals surface area contributed by atoms with Gasteiger partial charge in [0, 0.05) is 25.6 Å². The van der Waals surface area contributed by atoms with Crippen LogP contribution in [-0.4, -0.2) is 42.9 Å². The van der Waals surface area contributed by atoms with Crippen LogP contribution in [0.15, 0.2) is 0 Å². The molecule has 0 amide bonds. The Hall–Kier alpha value is -1.10. The zero-order valence-electron chi connectivity index (χ0n) is 10.3. The zero-order chi connectivity index (χ0) is 13.8. The summed E-state index contributed by atoms with van der Waals surface area (Å²) in [5.74, 6) is 1.09. The third-order valence-corrected chi connectivity index (χ3v) is 4.66. The van der Waals surface area contributed by atoms with E-state index in [0.29, 0.717) is 19.3 Å². The molecule has 1 rings (SSSR count). The van der Waals surface area contributed by atoms with Crippen LogP contribution < -0.4 is 4.72 Å². The molecular formula is C11H18N2O4S. The second kappa shape index (κ2) is 6.18. The molecule has 1 saturated heterocycles. The van der Waals surface area contributed by atoms with Crippen molar-refractivity contribution >= 4 is 16.2 Å². The molecule has 1 atom stereocenters. The number of nitrogens with zero attached hydrogens (tertiary/aromatic N) is 1. The standard InChI is InChI=1S/C11H18N2O4S/c1-3-4-9(2)12-18(16,17)13-7-5-10(6-8-13)11(14)15/h1,9-10,12H,4-8H2,2H3,(H,14,15). The predicted molar refractivity (Wildman–Crippen MR) is 66.9 cm³/mol. The zero-order valence-corrected chi connectivity index (χ0v) is 11.1. The van der Waals surface area contributed by atoms with Gasteiger partial charge in [-0.3, -0.25) is 4.79 Å². The first-order valence-corrected chi connectivity index (χ1v) is 7.24. The molecule has 0 aromatic carbocycles. The van der Waals surface area contributed by atoms with E-state index in [4.69, 9.17) is 11.5 Å². The molecule has 102 valence electrons. The van der Waals surface area contributed by atoms with E-state index in [0.717, 1.165) is 0 Å². The minimum absolute atomic E-state index is 0.231. The summed E-state index contributed by atoms with van der Waals surface area (Å²) in [7, 11) is -3.56. The maximum atomic E-state index is 11.9. The van der Waals surface area contributed by atoms with Gasteiger partial charge in [0.2, 0.25) is 0 Å². The van der Waals surface area contributed by atoms with E-state index >= 15 is 0 Å². The SMILES string of the molecule is C#CCC(C)NS(=O)(=O)N1CCC(C(=O)O)CC1. The van der Waals surface area contributed by atoms with Gasteiger partial charge in [-0.1, -0.05) is 0 Å². The first-order chi connectivity index (χ1) is 8.36. The molecule has 0 radical (unpaired) electrons. The molecule has 1 aliphatic heterocycles. The summed E-state index contributed by atoms with van der Waals surface area (Å²) in [6, 6.07) is -0.322. The van der Waals surface area contributed by atoms with Crippen LogP contribution in [0.4, 0.5) is 0 Å². The first kappa shape index (κ1) is 15.0. The van der Waals surface area contributed by atoms with Crippen molar-refractivity contribution in [3.8, 4) is 12.3 Å². The van der Waals surface area contributed by atoms with Crippen LogP contribution in [-0.2, 0) is 15.0 Å². The van der Waals surface area contributed by atoms with Gasteiger partial charge in [-0.25, -0.2) is 0 Å². The molecule has 0 saturated carbocycles. The van der Waals surface area contributed by atoms with E-state index in [-0.39, 0.29) is 19.1 Å². The molecule has 1 aliphatic rings. The minimum Gasteiger partial charge on any atom is -0.481 e. The van der Waals surface area contributed by atoms with Gasteiger partial charge in [0.25, 0.3) is 10.2 Å². The van der Waals surface area contributed by atoms with Crippen molar-refractivity contribution in [2.24, 2.45) is 5.92 Å². The van der Waals surface area contributed by atoms with Gasteiger partial charge in [-0.05, 0) is 19.8 Å². The molecule has 0 aromatic rings. The fraction of sp³-hybridized carbons (Fsp3) is 0.727. The third kappa shape index (κ3) is 3.98. The Morgan fingerprint density at radius 3 is 2.56 bits per heavy atom. The van der Waals surface area contributed by atoms with Crippen molar-refractivity contribution < 1.29 is 18.3 Å². The normalized spacial score (nSPS) is 20.2. The van der Waals surface area contributed by atoms with Crippen LogP contribution >= 0.6 is 0 Å². The fourth-order valence-electron chi connectivity index (χ4n) is 1.89. The van der Waals surface area contributed by atoms with E-state index in [1.54, 1.807) is 6.92 Å². The monoisotopic (exact) mass is 274 g/mol. The maximum absolute atomic E-state index is 11.9. The van der Waals surface area contributed by atoms with Crippen molar-refractivity contribution in [3.63, 3.8) is 0 Å². The molecule has 2 N–H and O–H groups in total. The van der Waals surface area contributed by atoms with Crippen molar-refractivity contribution in [2.45, 2.75) is 32.2 Å². The van der Waals surface area contributed by atoms with Crippen molar-refractivity contribution in [2.75, 3.05) is 13.1 Å². The number of carboxylic acids is 1. The fourth-order valence-corrected chi connectivity index (χ4v) is 3.32. The van der Waals surface area contributed by atoms with Gasteiger partial charge >= 0.3 is 5.97 Å². The van der Waals surface area contributed by atoms with Gasteiger partial charge in [0.05, 0.1) is 5.92 Å². The van der Waals surface area contributed by atoms with E-state index < -0.39 is 22.1 Å². The van der Waals surface area contributed by atoms with E-state index in [9.17, 15) is 13.2 Å². The van der Waals surface area contributed by atoms with Gasteiger partial charge in [-0.15, -0.1) is 12.3 Å². The smallest absolute Gasteiger partial charge is 0.306 e. The molecule has 0 aliphatic carbocycles. The minimum atomic E-state index is -3.56. The summed E-state index contributed by atoms with van der Waals surface area (Å²) in [4.78, 5) is 10.8. The number of terminal acetylenes is 1. The molecule has 0 spiro atoms. The number of hydrogen-bond donors (Lipinski definition) is 2. The summed E-state index contributed by atoms with van der Waals surface area (Å²) < 4.78 is 27.6. The number of carboxylic acid groups (broad SMARTS) is 1. The number of nitrogens with one attached hydrogen (secondary N) is 1. The first-order valence-electron chi connectivity index (χ1n) is 5.80. The van der Waals surface area contributed by atoms with Crippen LogP contribution in [0.1, 0.15) is 26.2 Å². The Morgan fingerprint density at radius 2 is 2.11 bits per heavy atom. The summed E-state index contributed by atoms with van der Waals surface area (Å²) in [5, 5.41) is 8.84. The Balaban J connectivity index is 2.56. The highest BCUT2D eigenvalue weighted by molar-refractivity contribution is 7.87. The lowest BCUT2D eigenvalue weighted by Gasteiger charge is -2.30. The lowest BCUT2D eigenvalue weighted by molar-refractivity contribution is -0.142. The highest BCUT2D eigenvalue weighted by Crippen LogP contribution is 2.19. The molecule has 1 heterocycles. The van der Waals surface area contributed by atoms with E-state index in [2.05, 4.69) is 10.6 Å². The van der Waals surface area contributed by atoms with Crippen molar-refractivity contribution in [1.82, 2.24) is 9.03 Å². The maximum Gasteiger partial charge on any atom is 0.306 e. The van der Waals surface area contributed by atoms with Gasteiger partial charge in [0.15, 0.2) is 0 Å². The highest BCUT2D eigenvalue weighted by Gasteiger charge is 2.31. The van der Waals surface area contributed by atoms with E-state index in [1.165, 1.54) is 4.31 Å². The van der Waals surface area contributed by atoms with Crippen LogP contribution in [0.5, 0.6) is 0 Å². The summed E-state index contributed by atoms with van der Waals surface area (Å²) in [6.45, 7) is 2.16. The number of aliphatic carboxylic acids is 1. The number of rotatable bonds is 5. The predicted octanol–water partition coefficient (Wildman–Crippen LogP) is 0.0292. The summed E-state index contributed by atoms with van der Waals surface area (Å²) in [5.41, 5.74) is 0.